The number of amides is 1. The Morgan fingerprint density at radius 2 is 1.87 bits per heavy atom. The highest BCUT2D eigenvalue weighted by molar-refractivity contribution is 7.81. The van der Waals surface area contributed by atoms with Crippen LogP contribution >= 0.6 is 12.6 Å². The molecule has 1 amide bonds. The molecule has 1 atom stereocenters. The van der Waals surface area contributed by atoms with Crippen molar-refractivity contribution in [2.75, 3.05) is 20.2 Å². The predicted octanol–water partition coefficient (Wildman–Crippen LogP) is 1.82. The second kappa shape index (κ2) is 7.12. The van der Waals surface area contributed by atoms with Gasteiger partial charge in [0, 0.05) is 13.6 Å². The number of thiol groups is 1. The van der Waals surface area contributed by atoms with Crippen molar-refractivity contribution >= 4 is 18.5 Å². The quantitative estimate of drug-likeness (QED) is 0.709. The van der Waals surface area contributed by atoms with Crippen LogP contribution in [0.2, 0.25) is 0 Å². The number of rotatable bonds is 6. The van der Waals surface area contributed by atoms with Crippen molar-refractivity contribution in [3.05, 3.63) is 0 Å². The molecule has 0 spiro atoms. The zero-order valence-corrected chi connectivity index (χ0v) is 11.3. The summed E-state index contributed by atoms with van der Waals surface area (Å²) in [6, 6.07) is 0. The predicted molar refractivity (Wildman–Crippen MR) is 66.3 cm³/mol. The molecule has 0 aliphatic carbocycles. The summed E-state index contributed by atoms with van der Waals surface area (Å²) < 4.78 is 5.38. The average molecular weight is 233 g/mol. The molecule has 0 heterocycles. The molecule has 0 aromatic carbocycles. The molecule has 0 saturated heterocycles. The van der Waals surface area contributed by atoms with Crippen LogP contribution < -0.4 is 0 Å². The fourth-order valence-electron chi connectivity index (χ4n) is 1.05. The number of carbonyl (C=O) groups excluding carboxylic acids is 1. The third-order valence-corrected chi connectivity index (χ3v) is 2.96. The maximum atomic E-state index is 11.8. The summed E-state index contributed by atoms with van der Waals surface area (Å²) in [5.74, 6) is 0.329. The minimum atomic E-state index is -0.214. The van der Waals surface area contributed by atoms with Gasteiger partial charge >= 0.3 is 0 Å². The Labute approximate surface area is 98.6 Å². The highest BCUT2D eigenvalue weighted by Crippen LogP contribution is 2.11. The molecule has 0 saturated carbocycles. The van der Waals surface area contributed by atoms with Crippen LogP contribution in [0.1, 0.15) is 27.7 Å². The Kier molecular flexibility index (Phi) is 7.02. The lowest BCUT2D eigenvalue weighted by Gasteiger charge is -2.23. The van der Waals surface area contributed by atoms with Gasteiger partial charge in [-0.2, -0.15) is 12.6 Å². The van der Waals surface area contributed by atoms with Crippen LogP contribution in [-0.2, 0) is 9.53 Å². The second-order valence-electron chi connectivity index (χ2n) is 4.37. The van der Waals surface area contributed by atoms with Gasteiger partial charge in [0.15, 0.2) is 0 Å². The van der Waals surface area contributed by atoms with Gasteiger partial charge in [0.1, 0.15) is 0 Å². The maximum absolute atomic E-state index is 11.8. The van der Waals surface area contributed by atoms with Gasteiger partial charge in [-0.15, -0.1) is 0 Å². The van der Waals surface area contributed by atoms with Crippen molar-refractivity contribution in [1.82, 2.24) is 4.90 Å². The summed E-state index contributed by atoms with van der Waals surface area (Å²) in [7, 11) is 1.79. The molecule has 0 N–H and O–H groups in total. The molecule has 15 heavy (non-hydrogen) atoms. The number of nitrogens with zero attached hydrogens (tertiary/aromatic N) is 1. The summed E-state index contributed by atoms with van der Waals surface area (Å²) in [6.45, 7) is 9.16. The normalized spacial score (nSPS) is 13.3. The topological polar surface area (TPSA) is 29.5 Å². The molecule has 0 aromatic rings. The van der Waals surface area contributed by atoms with Gasteiger partial charge in [0.05, 0.1) is 18.0 Å². The molecular weight excluding hydrogens is 210 g/mol. The minimum absolute atomic E-state index is 0.0701. The van der Waals surface area contributed by atoms with E-state index < -0.39 is 0 Å². The molecule has 0 rings (SSSR count). The van der Waals surface area contributed by atoms with Crippen LogP contribution in [0.5, 0.6) is 0 Å². The molecule has 0 aliphatic heterocycles. The monoisotopic (exact) mass is 233 g/mol. The first-order valence-corrected chi connectivity index (χ1v) is 5.92. The Morgan fingerprint density at radius 3 is 2.27 bits per heavy atom. The lowest BCUT2D eigenvalue weighted by molar-refractivity contribution is -0.130. The Hall–Kier alpha value is -0.220. The van der Waals surface area contributed by atoms with Crippen LogP contribution in [0.15, 0.2) is 0 Å². The molecular formula is C11H23NO2S. The van der Waals surface area contributed by atoms with Crippen LogP contribution in [0, 0.1) is 5.92 Å². The number of likely N-dealkylation sites (N-methyl/N-ethyl adjacent to an activating group) is 1. The lowest BCUT2D eigenvalue weighted by Crippen LogP contribution is -2.38. The first-order chi connectivity index (χ1) is 6.86. The molecule has 90 valence electrons. The van der Waals surface area contributed by atoms with E-state index >= 15 is 0 Å². The molecule has 4 heteroatoms. The summed E-state index contributed by atoms with van der Waals surface area (Å²) in [5, 5.41) is -0.214. The van der Waals surface area contributed by atoms with Crippen molar-refractivity contribution in [3.8, 4) is 0 Å². The highest BCUT2D eigenvalue weighted by Gasteiger charge is 2.20. The van der Waals surface area contributed by atoms with Crippen LogP contribution in [-0.4, -0.2) is 42.4 Å². The van der Waals surface area contributed by atoms with Crippen molar-refractivity contribution in [1.29, 1.82) is 0 Å². The Balaban J connectivity index is 3.89. The van der Waals surface area contributed by atoms with Gasteiger partial charge in [-0.05, 0) is 19.8 Å². The molecule has 0 aliphatic rings. The highest BCUT2D eigenvalue weighted by atomic mass is 32.1. The number of carbonyl (C=O) groups is 1. The first-order valence-electron chi connectivity index (χ1n) is 5.41. The average Bonchev–Trinajstić information content (AvgIpc) is 2.14. The van der Waals surface area contributed by atoms with E-state index in [-0.39, 0.29) is 23.2 Å². The zero-order valence-electron chi connectivity index (χ0n) is 10.4. The van der Waals surface area contributed by atoms with E-state index in [0.717, 1.165) is 0 Å². The van der Waals surface area contributed by atoms with Crippen LogP contribution in [0.3, 0.4) is 0 Å². The van der Waals surface area contributed by atoms with E-state index in [4.69, 9.17) is 4.74 Å². The third-order valence-electron chi connectivity index (χ3n) is 2.14. The fraction of sp³-hybridized carbons (Fsp3) is 0.909. The van der Waals surface area contributed by atoms with E-state index in [9.17, 15) is 4.79 Å². The van der Waals surface area contributed by atoms with Gasteiger partial charge < -0.3 is 9.64 Å². The fourth-order valence-corrected chi connectivity index (χ4v) is 1.24. The smallest absolute Gasteiger partial charge is 0.235 e. The minimum Gasteiger partial charge on any atom is -0.377 e. The Morgan fingerprint density at radius 1 is 1.33 bits per heavy atom. The zero-order chi connectivity index (χ0) is 12.0. The standard InChI is InChI=1S/C11H23NO2S/c1-8(2)10(15)11(13)12(5)6-7-14-9(3)4/h8-10,15H,6-7H2,1-5H3. The van der Waals surface area contributed by atoms with Gasteiger partial charge in [0.2, 0.25) is 5.91 Å². The van der Waals surface area contributed by atoms with Crippen molar-refractivity contribution < 1.29 is 9.53 Å². The van der Waals surface area contributed by atoms with Gasteiger partial charge in [-0.25, -0.2) is 0 Å². The molecule has 0 radical (unpaired) electrons. The first kappa shape index (κ1) is 14.8. The third kappa shape index (κ3) is 6.05. The molecule has 1 unspecified atom stereocenters. The van der Waals surface area contributed by atoms with E-state index in [2.05, 4.69) is 12.6 Å². The lowest BCUT2D eigenvalue weighted by atomic mass is 10.1. The van der Waals surface area contributed by atoms with Crippen molar-refractivity contribution in [2.24, 2.45) is 5.92 Å². The largest absolute Gasteiger partial charge is 0.377 e. The molecule has 0 fully saturated rings. The number of hydrogen-bond acceptors (Lipinski definition) is 3. The van der Waals surface area contributed by atoms with Gasteiger partial charge in [0.25, 0.3) is 0 Å². The van der Waals surface area contributed by atoms with E-state index in [0.29, 0.717) is 13.2 Å². The summed E-state index contributed by atoms with van der Waals surface area (Å²) >= 11 is 4.29. The summed E-state index contributed by atoms with van der Waals surface area (Å²) in [6.07, 6.45) is 0.213. The summed E-state index contributed by atoms with van der Waals surface area (Å²) in [4.78, 5) is 13.4. The number of ether oxygens (including phenoxy) is 1. The van der Waals surface area contributed by atoms with Gasteiger partial charge in [-0.1, -0.05) is 13.8 Å². The van der Waals surface area contributed by atoms with Crippen molar-refractivity contribution in [2.45, 2.75) is 39.0 Å². The molecule has 3 nitrogen and oxygen atoms in total. The molecule has 0 aromatic heterocycles. The van der Waals surface area contributed by atoms with E-state index in [1.165, 1.54) is 0 Å². The second-order valence-corrected chi connectivity index (χ2v) is 4.92. The van der Waals surface area contributed by atoms with Crippen molar-refractivity contribution in [3.63, 3.8) is 0 Å². The summed E-state index contributed by atoms with van der Waals surface area (Å²) in [5.41, 5.74) is 0. The maximum Gasteiger partial charge on any atom is 0.235 e. The van der Waals surface area contributed by atoms with E-state index in [1.54, 1.807) is 11.9 Å². The van der Waals surface area contributed by atoms with Crippen LogP contribution in [0.4, 0.5) is 0 Å². The van der Waals surface area contributed by atoms with Crippen LogP contribution in [0.25, 0.3) is 0 Å². The Bertz CT molecular complexity index is 195. The molecule has 0 bridgehead atoms. The van der Waals surface area contributed by atoms with Gasteiger partial charge in [-0.3, -0.25) is 4.79 Å². The van der Waals surface area contributed by atoms with E-state index in [1.807, 2.05) is 27.7 Å². The SMILES string of the molecule is CC(C)OCCN(C)C(=O)C(S)C(C)C. The number of hydrogen-bond donors (Lipinski definition) is 1.